The number of rotatable bonds is 4. The van der Waals surface area contributed by atoms with Gasteiger partial charge < -0.3 is 0 Å². The fraction of sp³-hybridized carbons (Fsp3) is 0.533. The Balaban J connectivity index is 1.83. The Kier molecular flexibility index (Phi) is 4.66. The zero-order valence-corrected chi connectivity index (χ0v) is 11.3. The Morgan fingerprint density at radius 2 is 2.29 bits per heavy atom. The number of hydrogen-bond donors (Lipinski definition) is 0. The fourth-order valence-corrected chi connectivity index (χ4v) is 3.58. The number of carbonyl (C=O) groups is 1. The minimum Gasteiger partial charge on any atom is -0.298 e. The minimum absolute atomic E-state index is 0.286. The Bertz CT molecular complexity index is 380. The number of carbonyl (C=O) groups excluding carboxylic acids is 1. The van der Waals surface area contributed by atoms with Gasteiger partial charge in [0.25, 0.3) is 0 Å². The Morgan fingerprint density at radius 3 is 3.00 bits per heavy atom. The van der Waals surface area contributed by atoms with Gasteiger partial charge in [-0.1, -0.05) is 36.2 Å². The van der Waals surface area contributed by atoms with Crippen molar-refractivity contribution in [2.45, 2.75) is 44.3 Å². The highest BCUT2D eigenvalue weighted by atomic mass is 32.2. The summed E-state index contributed by atoms with van der Waals surface area (Å²) in [7, 11) is 0. The van der Waals surface area contributed by atoms with Gasteiger partial charge in [-0.2, -0.15) is 11.8 Å². The first-order chi connectivity index (χ1) is 8.25. The molecule has 1 heterocycles. The van der Waals surface area contributed by atoms with E-state index >= 15 is 0 Å². The van der Waals surface area contributed by atoms with Gasteiger partial charge in [-0.3, -0.25) is 4.79 Å². The van der Waals surface area contributed by atoms with Gasteiger partial charge in [-0.15, -0.1) is 0 Å². The third-order valence-electron chi connectivity index (χ3n) is 3.28. The molecule has 0 amide bonds. The lowest BCUT2D eigenvalue weighted by atomic mass is 10.0. The van der Waals surface area contributed by atoms with Crippen molar-refractivity contribution >= 4 is 17.5 Å². The van der Waals surface area contributed by atoms with E-state index in [0.29, 0.717) is 12.2 Å². The Morgan fingerprint density at radius 1 is 1.41 bits per heavy atom. The number of benzene rings is 1. The zero-order chi connectivity index (χ0) is 12.1. The van der Waals surface area contributed by atoms with E-state index in [1.54, 1.807) is 0 Å². The van der Waals surface area contributed by atoms with Crippen LogP contribution >= 0.6 is 11.8 Å². The van der Waals surface area contributed by atoms with E-state index in [1.165, 1.54) is 29.7 Å². The molecule has 1 nitrogen and oxygen atoms in total. The zero-order valence-electron chi connectivity index (χ0n) is 10.4. The first-order valence-electron chi connectivity index (χ1n) is 6.45. The summed E-state index contributed by atoms with van der Waals surface area (Å²) in [6.45, 7) is 2.10. The molecule has 1 aromatic rings. The van der Waals surface area contributed by atoms with Gasteiger partial charge >= 0.3 is 0 Å². The summed E-state index contributed by atoms with van der Waals surface area (Å²) in [5.41, 5.74) is 2.57. The summed E-state index contributed by atoms with van der Waals surface area (Å²) >= 11 is 1.86. The molecule has 0 N–H and O–H groups in total. The number of aryl methyl sites for hydroxylation is 2. The number of ketones is 1. The molecular weight excluding hydrogens is 228 g/mol. The van der Waals surface area contributed by atoms with Crippen LogP contribution < -0.4 is 0 Å². The van der Waals surface area contributed by atoms with E-state index in [9.17, 15) is 4.79 Å². The third-order valence-corrected chi connectivity index (χ3v) is 4.71. The SMILES string of the molecule is Cc1cccc(CCC(=O)C2CCCCS2)c1. The normalized spacial score (nSPS) is 20.2. The second kappa shape index (κ2) is 6.25. The van der Waals surface area contributed by atoms with E-state index in [-0.39, 0.29) is 5.25 Å². The molecule has 1 aliphatic heterocycles. The van der Waals surface area contributed by atoms with Gasteiger partial charge in [-0.25, -0.2) is 0 Å². The van der Waals surface area contributed by atoms with E-state index in [0.717, 1.165) is 12.8 Å². The summed E-state index contributed by atoms with van der Waals surface area (Å²) in [6, 6.07) is 8.47. The maximum absolute atomic E-state index is 12.0. The average molecular weight is 248 g/mol. The van der Waals surface area contributed by atoms with Crippen LogP contribution in [0.5, 0.6) is 0 Å². The molecule has 0 aliphatic carbocycles. The number of hydrogen-bond acceptors (Lipinski definition) is 2. The van der Waals surface area contributed by atoms with E-state index in [4.69, 9.17) is 0 Å². The Labute approximate surface area is 108 Å². The van der Waals surface area contributed by atoms with Crippen LogP contribution in [-0.2, 0) is 11.2 Å². The van der Waals surface area contributed by atoms with Crippen molar-refractivity contribution in [3.05, 3.63) is 35.4 Å². The van der Waals surface area contributed by atoms with Gasteiger partial charge in [0.05, 0.1) is 5.25 Å². The van der Waals surface area contributed by atoms with Crippen molar-refractivity contribution in [3.63, 3.8) is 0 Å². The molecule has 0 aromatic heterocycles. The molecule has 0 bridgehead atoms. The summed E-state index contributed by atoms with van der Waals surface area (Å²) in [5, 5.41) is 0.286. The minimum atomic E-state index is 0.286. The molecule has 1 fully saturated rings. The van der Waals surface area contributed by atoms with Crippen molar-refractivity contribution in [1.29, 1.82) is 0 Å². The molecule has 17 heavy (non-hydrogen) atoms. The van der Waals surface area contributed by atoms with Crippen LogP contribution in [0.2, 0.25) is 0 Å². The van der Waals surface area contributed by atoms with Crippen molar-refractivity contribution in [3.8, 4) is 0 Å². The predicted octanol–water partition coefficient (Wildman–Crippen LogP) is 3.78. The van der Waals surface area contributed by atoms with Crippen LogP contribution in [0.1, 0.15) is 36.8 Å². The van der Waals surface area contributed by atoms with Crippen LogP contribution in [0.25, 0.3) is 0 Å². The highest BCUT2D eigenvalue weighted by Crippen LogP contribution is 2.26. The van der Waals surface area contributed by atoms with Crippen LogP contribution in [0.15, 0.2) is 24.3 Å². The molecule has 1 atom stereocenters. The van der Waals surface area contributed by atoms with Gasteiger partial charge in [0.2, 0.25) is 0 Å². The van der Waals surface area contributed by atoms with E-state index in [2.05, 4.69) is 31.2 Å². The monoisotopic (exact) mass is 248 g/mol. The standard InChI is InChI=1S/C15H20OS/c1-12-5-4-6-13(11-12)8-9-14(16)15-7-2-3-10-17-15/h4-6,11,15H,2-3,7-10H2,1H3. The topological polar surface area (TPSA) is 17.1 Å². The predicted molar refractivity (Wildman–Crippen MR) is 74.6 cm³/mol. The molecule has 0 radical (unpaired) electrons. The van der Waals surface area contributed by atoms with Crippen molar-refractivity contribution in [2.75, 3.05) is 5.75 Å². The molecule has 0 saturated carbocycles. The molecule has 2 heteroatoms. The lowest BCUT2D eigenvalue weighted by Crippen LogP contribution is -2.21. The van der Waals surface area contributed by atoms with E-state index < -0.39 is 0 Å². The fourth-order valence-electron chi connectivity index (χ4n) is 2.29. The average Bonchev–Trinajstić information content (AvgIpc) is 2.37. The highest BCUT2D eigenvalue weighted by molar-refractivity contribution is 8.00. The van der Waals surface area contributed by atoms with Crippen LogP contribution in [0, 0.1) is 6.92 Å². The van der Waals surface area contributed by atoms with Crippen LogP contribution in [0.3, 0.4) is 0 Å². The summed E-state index contributed by atoms with van der Waals surface area (Å²) in [5.74, 6) is 1.62. The van der Waals surface area contributed by atoms with Gasteiger partial charge in [0.15, 0.2) is 0 Å². The molecule has 0 spiro atoms. The maximum Gasteiger partial charge on any atom is 0.146 e. The molecule has 1 aromatic carbocycles. The lowest BCUT2D eigenvalue weighted by molar-refractivity contribution is -0.118. The smallest absolute Gasteiger partial charge is 0.146 e. The quantitative estimate of drug-likeness (QED) is 0.806. The van der Waals surface area contributed by atoms with Gasteiger partial charge in [-0.05, 0) is 37.5 Å². The van der Waals surface area contributed by atoms with Crippen molar-refractivity contribution in [2.24, 2.45) is 0 Å². The largest absolute Gasteiger partial charge is 0.298 e. The molecule has 1 unspecified atom stereocenters. The van der Waals surface area contributed by atoms with Crippen molar-refractivity contribution in [1.82, 2.24) is 0 Å². The number of Topliss-reactive ketones (excluding diaryl/α,β-unsaturated/α-hetero) is 1. The molecule has 1 saturated heterocycles. The van der Waals surface area contributed by atoms with Crippen LogP contribution in [0.4, 0.5) is 0 Å². The molecule has 2 rings (SSSR count). The summed E-state index contributed by atoms with van der Waals surface area (Å²) in [4.78, 5) is 12.0. The second-order valence-electron chi connectivity index (χ2n) is 4.81. The summed E-state index contributed by atoms with van der Waals surface area (Å²) in [6.07, 6.45) is 5.22. The Hall–Kier alpha value is -0.760. The second-order valence-corrected chi connectivity index (χ2v) is 6.12. The maximum atomic E-state index is 12.0. The number of thioether (sulfide) groups is 1. The third kappa shape index (κ3) is 3.88. The molecule has 92 valence electrons. The highest BCUT2D eigenvalue weighted by Gasteiger charge is 2.20. The van der Waals surface area contributed by atoms with Gasteiger partial charge in [0, 0.05) is 6.42 Å². The van der Waals surface area contributed by atoms with Crippen molar-refractivity contribution < 1.29 is 4.79 Å². The first-order valence-corrected chi connectivity index (χ1v) is 7.50. The molecular formula is C15H20OS. The first kappa shape index (κ1) is 12.7. The van der Waals surface area contributed by atoms with Crippen LogP contribution in [-0.4, -0.2) is 16.8 Å². The lowest BCUT2D eigenvalue weighted by Gasteiger charge is -2.19. The molecule has 1 aliphatic rings. The summed E-state index contributed by atoms with van der Waals surface area (Å²) < 4.78 is 0. The van der Waals surface area contributed by atoms with Gasteiger partial charge in [0.1, 0.15) is 5.78 Å². The van der Waals surface area contributed by atoms with E-state index in [1.807, 2.05) is 11.8 Å².